The normalized spacial score (nSPS) is 36.4. The summed E-state index contributed by atoms with van der Waals surface area (Å²) in [6.07, 6.45) is 4.92. The molecule has 0 aromatic rings. The van der Waals surface area contributed by atoms with E-state index in [4.69, 9.17) is 10.5 Å². The van der Waals surface area contributed by atoms with Crippen molar-refractivity contribution in [3.8, 4) is 0 Å². The molecule has 3 atom stereocenters. The van der Waals surface area contributed by atoms with Crippen LogP contribution >= 0.6 is 0 Å². The van der Waals surface area contributed by atoms with E-state index in [1.54, 1.807) is 0 Å². The standard InChI is InChI=1S/C14H26N2O2/c1-13(2,3)18-12(17)16-11-6-5-7-14(16,4)9-10(15)8-11/h10-11H,5-9,15H2,1-4H3/t10-,11?,14+/m1/s1. The van der Waals surface area contributed by atoms with E-state index in [-0.39, 0.29) is 23.7 Å². The van der Waals surface area contributed by atoms with Crippen LogP contribution < -0.4 is 5.73 Å². The number of fused-ring (bicyclic) bond motifs is 2. The van der Waals surface area contributed by atoms with Crippen molar-refractivity contribution in [1.82, 2.24) is 4.90 Å². The Bertz CT molecular complexity index is 337. The fraction of sp³-hybridized carbons (Fsp3) is 0.929. The van der Waals surface area contributed by atoms with E-state index in [1.807, 2.05) is 25.7 Å². The molecule has 0 aromatic carbocycles. The van der Waals surface area contributed by atoms with Crippen molar-refractivity contribution < 1.29 is 9.53 Å². The zero-order chi connectivity index (χ0) is 13.6. The van der Waals surface area contributed by atoms with E-state index in [9.17, 15) is 4.79 Å². The van der Waals surface area contributed by atoms with Crippen molar-refractivity contribution in [2.45, 2.75) is 83.0 Å². The molecule has 2 heterocycles. The smallest absolute Gasteiger partial charge is 0.410 e. The molecule has 1 unspecified atom stereocenters. The van der Waals surface area contributed by atoms with Gasteiger partial charge in [0.1, 0.15) is 5.60 Å². The first kappa shape index (κ1) is 13.7. The predicted octanol–water partition coefficient (Wildman–Crippen LogP) is 2.66. The third kappa shape index (κ3) is 2.63. The second-order valence-electron chi connectivity index (χ2n) is 7.09. The molecule has 1 amide bonds. The molecule has 4 nitrogen and oxygen atoms in total. The van der Waals surface area contributed by atoms with Gasteiger partial charge in [-0.1, -0.05) is 0 Å². The molecule has 0 aromatic heterocycles. The average molecular weight is 254 g/mol. The lowest BCUT2D eigenvalue weighted by molar-refractivity contribution is -0.0547. The maximum atomic E-state index is 12.4. The molecule has 104 valence electrons. The summed E-state index contributed by atoms with van der Waals surface area (Å²) in [5.74, 6) is 0. The van der Waals surface area contributed by atoms with Crippen molar-refractivity contribution in [3.63, 3.8) is 0 Å². The van der Waals surface area contributed by atoms with Gasteiger partial charge in [0, 0.05) is 17.6 Å². The Hall–Kier alpha value is -0.770. The van der Waals surface area contributed by atoms with Crippen molar-refractivity contribution in [2.75, 3.05) is 0 Å². The molecular weight excluding hydrogens is 228 g/mol. The molecule has 2 N–H and O–H groups in total. The minimum atomic E-state index is -0.429. The third-order valence-corrected chi connectivity index (χ3v) is 4.07. The van der Waals surface area contributed by atoms with Gasteiger partial charge in [0.15, 0.2) is 0 Å². The van der Waals surface area contributed by atoms with Gasteiger partial charge >= 0.3 is 6.09 Å². The maximum absolute atomic E-state index is 12.4. The SMILES string of the molecule is CC(C)(C)OC(=O)N1C2CCC[C@@]1(C)C[C@H](N)C2. The highest BCUT2D eigenvalue weighted by Crippen LogP contribution is 2.42. The molecule has 2 aliphatic rings. The van der Waals surface area contributed by atoms with Gasteiger partial charge in [0.25, 0.3) is 0 Å². The van der Waals surface area contributed by atoms with Gasteiger partial charge in [-0.25, -0.2) is 4.79 Å². The molecule has 2 rings (SSSR count). The van der Waals surface area contributed by atoms with Crippen molar-refractivity contribution >= 4 is 6.09 Å². The van der Waals surface area contributed by atoms with Crippen LogP contribution in [0.2, 0.25) is 0 Å². The Labute approximate surface area is 110 Å². The molecular formula is C14H26N2O2. The monoisotopic (exact) mass is 254 g/mol. The van der Waals surface area contributed by atoms with Crippen LogP contribution in [-0.2, 0) is 4.74 Å². The summed E-state index contributed by atoms with van der Waals surface area (Å²) in [4.78, 5) is 14.4. The Morgan fingerprint density at radius 3 is 2.67 bits per heavy atom. The lowest BCUT2D eigenvalue weighted by atomic mass is 9.74. The highest BCUT2D eigenvalue weighted by molar-refractivity contribution is 5.70. The first-order valence-corrected chi connectivity index (χ1v) is 6.99. The Morgan fingerprint density at radius 2 is 2.11 bits per heavy atom. The van der Waals surface area contributed by atoms with Crippen LogP contribution in [0.15, 0.2) is 0 Å². The fourth-order valence-electron chi connectivity index (χ4n) is 3.51. The number of carbonyl (C=O) groups is 1. The summed E-state index contributed by atoms with van der Waals surface area (Å²) < 4.78 is 5.56. The summed E-state index contributed by atoms with van der Waals surface area (Å²) in [6, 6.07) is 0.487. The van der Waals surface area contributed by atoms with Crippen LogP contribution in [-0.4, -0.2) is 34.2 Å². The fourth-order valence-corrected chi connectivity index (χ4v) is 3.51. The van der Waals surface area contributed by atoms with E-state index in [0.29, 0.717) is 0 Å². The van der Waals surface area contributed by atoms with Gasteiger partial charge in [0.05, 0.1) is 0 Å². The topological polar surface area (TPSA) is 55.6 Å². The number of piperidine rings is 2. The first-order valence-electron chi connectivity index (χ1n) is 6.99. The number of amides is 1. The summed E-state index contributed by atoms with van der Waals surface area (Å²) in [5.41, 5.74) is 5.58. The highest BCUT2D eigenvalue weighted by atomic mass is 16.6. The second-order valence-corrected chi connectivity index (χ2v) is 7.09. The van der Waals surface area contributed by atoms with E-state index in [1.165, 1.54) is 6.42 Å². The Balaban J connectivity index is 2.18. The molecule has 2 saturated heterocycles. The molecule has 0 saturated carbocycles. The number of nitrogens with zero attached hydrogens (tertiary/aromatic N) is 1. The number of nitrogens with two attached hydrogens (primary N) is 1. The first-order chi connectivity index (χ1) is 8.21. The lowest BCUT2D eigenvalue weighted by Crippen LogP contribution is -2.64. The van der Waals surface area contributed by atoms with Crippen LogP contribution in [0.3, 0.4) is 0 Å². The van der Waals surface area contributed by atoms with Crippen LogP contribution in [0, 0.1) is 0 Å². The maximum Gasteiger partial charge on any atom is 0.410 e. The molecule has 4 heteroatoms. The van der Waals surface area contributed by atoms with Crippen molar-refractivity contribution in [3.05, 3.63) is 0 Å². The molecule has 2 aliphatic heterocycles. The molecule has 18 heavy (non-hydrogen) atoms. The summed E-state index contributed by atoms with van der Waals surface area (Å²) in [6.45, 7) is 7.90. The second kappa shape index (κ2) is 4.41. The van der Waals surface area contributed by atoms with Gasteiger partial charge < -0.3 is 10.5 Å². The average Bonchev–Trinajstić information content (AvgIpc) is 2.11. The van der Waals surface area contributed by atoms with Crippen LogP contribution in [0.5, 0.6) is 0 Å². The van der Waals surface area contributed by atoms with E-state index in [2.05, 4.69) is 6.92 Å². The van der Waals surface area contributed by atoms with Gasteiger partial charge in [-0.2, -0.15) is 0 Å². The zero-order valence-corrected chi connectivity index (χ0v) is 12.0. The molecule has 2 fully saturated rings. The van der Waals surface area contributed by atoms with Gasteiger partial charge in [-0.15, -0.1) is 0 Å². The number of rotatable bonds is 0. The number of hydrogen-bond acceptors (Lipinski definition) is 3. The zero-order valence-electron chi connectivity index (χ0n) is 12.0. The van der Waals surface area contributed by atoms with E-state index in [0.717, 1.165) is 25.7 Å². The van der Waals surface area contributed by atoms with Crippen molar-refractivity contribution in [1.29, 1.82) is 0 Å². The van der Waals surface area contributed by atoms with Gasteiger partial charge in [-0.3, -0.25) is 4.90 Å². The van der Waals surface area contributed by atoms with Gasteiger partial charge in [-0.05, 0) is 59.8 Å². The minimum absolute atomic E-state index is 0.108. The quantitative estimate of drug-likeness (QED) is 0.723. The molecule has 0 aliphatic carbocycles. The number of hydrogen-bond donors (Lipinski definition) is 1. The van der Waals surface area contributed by atoms with Crippen LogP contribution in [0.25, 0.3) is 0 Å². The minimum Gasteiger partial charge on any atom is -0.444 e. The molecule has 0 spiro atoms. The van der Waals surface area contributed by atoms with E-state index < -0.39 is 5.60 Å². The Morgan fingerprint density at radius 1 is 1.44 bits per heavy atom. The summed E-state index contributed by atoms with van der Waals surface area (Å²) in [5, 5.41) is 0. The largest absolute Gasteiger partial charge is 0.444 e. The Kier molecular flexibility index (Phi) is 3.34. The summed E-state index contributed by atoms with van der Waals surface area (Å²) in [7, 11) is 0. The summed E-state index contributed by atoms with van der Waals surface area (Å²) >= 11 is 0. The predicted molar refractivity (Wildman–Crippen MR) is 71.3 cm³/mol. The van der Waals surface area contributed by atoms with Crippen molar-refractivity contribution in [2.24, 2.45) is 5.73 Å². The van der Waals surface area contributed by atoms with Gasteiger partial charge in [0.2, 0.25) is 0 Å². The van der Waals surface area contributed by atoms with E-state index >= 15 is 0 Å². The van der Waals surface area contributed by atoms with Crippen LogP contribution in [0.4, 0.5) is 4.79 Å². The molecule has 2 bridgehead atoms. The molecule has 0 radical (unpaired) electrons. The number of carbonyl (C=O) groups excluding carboxylic acids is 1. The van der Waals surface area contributed by atoms with Crippen LogP contribution in [0.1, 0.15) is 59.8 Å². The third-order valence-electron chi connectivity index (χ3n) is 4.07. The lowest BCUT2D eigenvalue weighted by Gasteiger charge is -2.54. The number of ether oxygens (including phenoxy) is 1. The highest BCUT2D eigenvalue weighted by Gasteiger charge is 2.48.